The lowest BCUT2D eigenvalue weighted by Gasteiger charge is -2.19. The van der Waals surface area contributed by atoms with E-state index in [0.29, 0.717) is 40.9 Å². The number of aliphatic hydroxyl groups is 1. The molecule has 0 aliphatic rings. The minimum Gasteiger partial charge on any atom is -0.380 e. The molecule has 0 fully saturated rings. The number of rotatable bonds is 8. The van der Waals surface area contributed by atoms with E-state index in [1.807, 2.05) is 79.7 Å². The van der Waals surface area contributed by atoms with Crippen LogP contribution in [0.2, 0.25) is 0 Å². The number of nitrogens with zero attached hydrogens (tertiary/aromatic N) is 2. The zero-order valence-electron chi connectivity index (χ0n) is 18.7. The summed E-state index contributed by atoms with van der Waals surface area (Å²) in [7, 11) is 1.45. The highest BCUT2D eigenvalue weighted by atomic mass is 16.6. The number of anilines is 1. The lowest BCUT2D eigenvalue weighted by molar-refractivity contribution is -0.0769. The predicted octanol–water partition coefficient (Wildman–Crippen LogP) is 4.04. The van der Waals surface area contributed by atoms with Crippen molar-refractivity contribution in [2.45, 2.75) is 32.2 Å². The van der Waals surface area contributed by atoms with E-state index in [0.717, 1.165) is 11.3 Å². The van der Waals surface area contributed by atoms with Gasteiger partial charge in [-0.2, -0.15) is 0 Å². The van der Waals surface area contributed by atoms with Gasteiger partial charge < -0.3 is 20.9 Å². The third-order valence-electron chi connectivity index (χ3n) is 5.68. The number of benzene rings is 3. The second-order valence-electron chi connectivity index (χ2n) is 7.84. The molecular weight excluding hydrogens is 416 g/mol. The van der Waals surface area contributed by atoms with Gasteiger partial charge in [-0.15, -0.1) is 0 Å². The topological polar surface area (TPSA) is 102 Å². The van der Waals surface area contributed by atoms with Gasteiger partial charge in [0.15, 0.2) is 6.29 Å². The summed E-state index contributed by atoms with van der Waals surface area (Å²) in [5.74, 6) is 0.547. The van der Waals surface area contributed by atoms with Crippen molar-refractivity contribution in [3.63, 3.8) is 0 Å². The van der Waals surface area contributed by atoms with Crippen molar-refractivity contribution in [2.24, 2.45) is 5.73 Å². The molecule has 4 aromatic rings. The number of fused-ring (bicyclic) bond motifs is 1. The number of nitrogens with two attached hydrogens (primary N) is 1. The molecule has 1 aromatic heterocycles. The fourth-order valence-electron chi connectivity index (χ4n) is 3.79. The van der Waals surface area contributed by atoms with Gasteiger partial charge in [0, 0.05) is 24.9 Å². The van der Waals surface area contributed by atoms with Gasteiger partial charge in [-0.25, -0.2) is 4.98 Å². The quantitative estimate of drug-likeness (QED) is 0.355. The van der Waals surface area contributed by atoms with Crippen LogP contribution in [0.25, 0.3) is 16.6 Å². The number of aliphatic hydroxyl groups excluding tert-OH is 1. The van der Waals surface area contributed by atoms with Crippen molar-refractivity contribution >= 4 is 16.6 Å². The van der Waals surface area contributed by atoms with E-state index in [1.165, 1.54) is 7.11 Å². The van der Waals surface area contributed by atoms with E-state index in [9.17, 15) is 9.90 Å². The molecule has 1 unspecified atom stereocenters. The fourth-order valence-corrected chi connectivity index (χ4v) is 3.79. The number of nitrogens with one attached hydrogen (secondary N) is 1. The molecular formula is C26H28N4O3. The van der Waals surface area contributed by atoms with Crippen LogP contribution >= 0.6 is 0 Å². The molecule has 3 aromatic carbocycles. The van der Waals surface area contributed by atoms with Gasteiger partial charge in [0.1, 0.15) is 5.82 Å². The molecule has 0 saturated carbocycles. The monoisotopic (exact) mass is 444 g/mol. The van der Waals surface area contributed by atoms with E-state index in [4.69, 9.17) is 15.5 Å². The second-order valence-corrected chi connectivity index (χ2v) is 7.84. The van der Waals surface area contributed by atoms with Gasteiger partial charge in [0.25, 0.3) is 5.56 Å². The van der Waals surface area contributed by atoms with E-state index >= 15 is 0 Å². The van der Waals surface area contributed by atoms with Crippen LogP contribution in [0, 0.1) is 0 Å². The summed E-state index contributed by atoms with van der Waals surface area (Å²) in [6, 6.07) is 22.1. The van der Waals surface area contributed by atoms with Crippen molar-refractivity contribution in [3.05, 3.63) is 100 Å². The van der Waals surface area contributed by atoms with Crippen molar-refractivity contribution in [3.8, 4) is 5.69 Å². The van der Waals surface area contributed by atoms with Crippen LogP contribution in [0.5, 0.6) is 0 Å². The molecule has 0 bridgehead atoms. The third kappa shape index (κ3) is 4.66. The van der Waals surface area contributed by atoms with Gasteiger partial charge >= 0.3 is 0 Å². The highest BCUT2D eigenvalue weighted by Crippen LogP contribution is 2.24. The first-order valence-corrected chi connectivity index (χ1v) is 10.9. The Morgan fingerprint density at radius 3 is 2.45 bits per heavy atom. The maximum Gasteiger partial charge on any atom is 0.268 e. The van der Waals surface area contributed by atoms with Gasteiger partial charge in [-0.1, -0.05) is 55.5 Å². The van der Waals surface area contributed by atoms with E-state index in [1.54, 1.807) is 4.57 Å². The highest BCUT2D eigenvalue weighted by molar-refractivity contribution is 5.91. The number of ether oxygens (including phenoxy) is 1. The molecule has 0 saturated heterocycles. The molecule has 33 heavy (non-hydrogen) atoms. The Morgan fingerprint density at radius 1 is 1.06 bits per heavy atom. The van der Waals surface area contributed by atoms with Crippen LogP contribution in [0.1, 0.15) is 42.6 Å². The molecule has 0 aliphatic heterocycles. The molecule has 4 rings (SSSR count). The van der Waals surface area contributed by atoms with E-state index in [-0.39, 0.29) is 11.6 Å². The van der Waals surface area contributed by atoms with Crippen LogP contribution in [0.3, 0.4) is 0 Å². The molecule has 7 nitrogen and oxygen atoms in total. The Morgan fingerprint density at radius 2 is 1.79 bits per heavy atom. The molecule has 1 heterocycles. The normalized spacial score (nSPS) is 13.1. The number of para-hydroxylation sites is 1. The molecule has 7 heteroatoms. The minimum atomic E-state index is -0.948. The number of aromatic nitrogens is 2. The Balaban J connectivity index is 1.75. The summed E-state index contributed by atoms with van der Waals surface area (Å²) >= 11 is 0. The third-order valence-corrected chi connectivity index (χ3v) is 5.68. The van der Waals surface area contributed by atoms with Gasteiger partial charge in [0.05, 0.1) is 22.6 Å². The number of methoxy groups -OCH3 is 1. The number of hydrogen-bond donors (Lipinski definition) is 3. The molecule has 0 radical (unpaired) electrons. The lowest BCUT2D eigenvalue weighted by atomic mass is 10.1. The van der Waals surface area contributed by atoms with E-state index < -0.39 is 6.29 Å². The minimum absolute atomic E-state index is 0.160. The molecule has 0 amide bonds. The first-order chi connectivity index (χ1) is 16.0. The fraction of sp³-hybridized carbons (Fsp3) is 0.231. The summed E-state index contributed by atoms with van der Waals surface area (Å²) in [6.07, 6.45) is -0.285. The van der Waals surface area contributed by atoms with E-state index in [2.05, 4.69) is 5.32 Å². The SMILES string of the molecule is CC[C@H](N)c1nc2cccc(NCc3ccc(C(O)OC)cc3)c2c(=O)n1-c1ccccc1. The van der Waals surface area contributed by atoms with Gasteiger partial charge in [-0.3, -0.25) is 9.36 Å². The molecule has 4 N–H and O–H groups in total. The zero-order valence-corrected chi connectivity index (χ0v) is 18.7. The summed E-state index contributed by atoms with van der Waals surface area (Å²) in [5.41, 5.74) is 9.91. The van der Waals surface area contributed by atoms with Crippen LogP contribution < -0.4 is 16.6 Å². The first kappa shape index (κ1) is 22.7. The Kier molecular flexibility index (Phi) is 6.84. The predicted molar refractivity (Wildman–Crippen MR) is 130 cm³/mol. The summed E-state index contributed by atoms with van der Waals surface area (Å²) in [5, 5.41) is 13.7. The Bertz CT molecular complexity index is 1290. The molecule has 0 aliphatic carbocycles. The summed E-state index contributed by atoms with van der Waals surface area (Å²) < 4.78 is 6.55. The Labute approximate surface area is 192 Å². The van der Waals surface area contributed by atoms with Gasteiger partial charge in [0.2, 0.25) is 0 Å². The van der Waals surface area contributed by atoms with Crippen molar-refractivity contribution in [1.29, 1.82) is 0 Å². The van der Waals surface area contributed by atoms with Crippen molar-refractivity contribution in [2.75, 3.05) is 12.4 Å². The summed E-state index contributed by atoms with van der Waals surface area (Å²) in [6.45, 7) is 2.48. The maximum atomic E-state index is 13.7. The lowest BCUT2D eigenvalue weighted by Crippen LogP contribution is -2.28. The zero-order chi connectivity index (χ0) is 23.4. The van der Waals surface area contributed by atoms with Crippen molar-refractivity contribution < 1.29 is 9.84 Å². The smallest absolute Gasteiger partial charge is 0.268 e. The van der Waals surface area contributed by atoms with Crippen LogP contribution in [0.15, 0.2) is 77.6 Å². The van der Waals surface area contributed by atoms with Crippen LogP contribution in [-0.2, 0) is 11.3 Å². The summed E-state index contributed by atoms with van der Waals surface area (Å²) in [4.78, 5) is 18.5. The average molecular weight is 445 g/mol. The average Bonchev–Trinajstić information content (AvgIpc) is 2.87. The maximum absolute atomic E-state index is 13.7. The largest absolute Gasteiger partial charge is 0.380 e. The van der Waals surface area contributed by atoms with Crippen molar-refractivity contribution in [1.82, 2.24) is 9.55 Å². The van der Waals surface area contributed by atoms with Crippen LogP contribution in [0.4, 0.5) is 5.69 Å². The Hall–Kier alpha value is -3.52. The standard InChI is InChI=1S/C26H28N4O3/c1-3-20(27)24-29-22-11-7-10-21(23(22)25(31)30(24)19-8-5-4-6-9-19)28-16-17-12-14-18(15-13-17)26(32)33-2/h4-15,20,26,28,32H,3,16,27H2,1-2H3/t20-,26?/m0/s1. The van der Waals surface area contributed by atoms with Gasteiger partial charge in [-0.05, 0) is 36.2 Å². The molecule has 170 valence electrons. The highest BCUT2D eigenvalue weighted by Gasteiger charge is 2.19. The number of hydrogen-bond acceptors (Lipinski definition) is 6. The first-order valence-electron chi connectivity index (χ1n) is 10.9. The second kappa shape index (κ2) is 9.95. The molecule has 2 atom stereocenters. The van der Waals surface area contributed by atoms with Crippen LogP contribution in [-0.4, -0.2) is 21.8 Å². The molecule has 0 spiro atoms.